The molecule has 138 valence electrons. The van der Waals surface area contributed by atoms with Gasteiger partial charge in [-0.15, -0.1) is 0 Å². The number of para-hydroxylation sites is 1. The summed E-state index contributed by atoms with van der Waals surface area (Å²) >= 11 is 0. The quantitative estimate of drug-likeness (QED) is 0.674. The number of halogens is 3. The van der Waals surface area contributed by atoms with E-state index in [-0.39, 0.29) is 0 Å². The number of fused-ring (bicyclic) bond motifs is 1. The Morgan fingerprint density at radius 3 is 2.46 bits per heavy atom. The van der Waals surface area contributed by atoms with E-state index in [1.807, 2.05) is 23.0 Å². The van der Waals surface area contributed by atoms with E-state index in [1.165, 1.54) is 10.9 Å². The van der Waals surface area contributed by atoms with Gasteiger partial charge in [0.25, 0.3) is 0 Å². The standard InChI is InChI=1S/C14H15N5.C2HF3O2/c1-2-6-13-12(5-1)11-18-19(13)10-4-9-17-14-15-7-3-8-16-14;3-2(4,5)1(6)7/h1-3,5-8,11H,4,9-10H2,(H,15,16,17);(H,6,7). The predicted octanol–water partition coefficient (Wildman–Crippen LogP) is 2.96. The highest BCUT2D eigenvalue weighted by Gasteiger charge is 2.38. The number of aliphatic carboxylic acids is 1. The van der Waals surface area contributed by atoms with E-state index in [4.69, 9.17) is 9.90 Å². The molecule has 0 aliphatic carbocycles. The van der Waals surface area contributed by atoms with Gasteiger partial charge in [-0.1, -0.05) is 18.2 Å². The molecule has 2 aromatic heterocycles. The number of benzene rings is 1. The van der Waals surface area contributed by atoms with E-state index in [0.29, 0.717) is 5.95 Å². The van der Waals surface area contributed by atoms with E-state index < -0.39 is 12.1 Å². The molecule has 0 amide bonds. The van der Waals surface area contributed by atoms with Gasteiger partial charge in [0.1, 0.15) is 0 Å². The maximum absolute atomic E-state index is 10.6. The van der Waals surface area contributed by atoms with Crippen LogP contribution in [0.15, 0.2) is 48.9 Å². The highest BCUT2D eigenvalue weighted by molar-refractivity contribution is 5.78. The largest absolute Gasteiger partial charge is 0.490 e. The fraction of sp³-hybridized carbons (Fsp3) is 0.250. The van der Waals surface area contributed by atoms with Crippen molar-refractivity contribution in [3.63, 3.8) is 0 Å². The normalized spacial score (nSPS) is 10.9. The van der Waals surface area contributed by atoms with Gasteiger partial charge in [0.15, 0.2) is 0 Å². The molecule has 0 aliphatic rings. The number of carbonyl (C=O) groups is 1. The van der Waals surface area contributed by atoms with Crippen molar-refractivity contribution in [2.45, 2.75) is 19.1 Å². The molecule has 0 atom stereocenters. The first-order chi connectivity index (χ1) is 12.4. The van der Waals surface area contributed by atoms with Crippen LogP contribution in [-0.4, -0.2) is 43.5 Å². The van der Waals surface area contributed by atoms with Crippen molar-refractivity contribution in [2.75, 3.05) is 11.9 Å². The van der Waals surface area contributed by atoms with Crippen LogP contribution < -0.4 is 5.32 Å². The third-order valence-electron chi connectivity index (χ3n) is 3.19. The van der Waals surface area contributed by atoms with Crippen LogP contribution in [0.1, 0.15) is 6.42 Å². The molecular weight excluding hydrogens is 351 g/mol. The van der Waals surface area contributed by atoms with Gasteiger partial charge < -0.3 is 10.4 Å². The SMILES string of the molecule is O=C(O)C(F)(F)F.c1cnc(NCCCn2ncc3ccccc32)nc1. The van der Waals surface area contributed by atoms with E-state index >= 15 is 0 Å². The van der Waals surface area contributed by atoms with Crippen molar-refractivity contribution >= 4 is 22.8 Å². The van der Waals surface area contributed by atoms with Gasteiger partial charge >= 0.3 is 12.1 Å². The van der Waals surface area contributed by atoms with Crippen LogP contribution in [0, 0.1) is 0 Å². The van der Waals surface area contributed by atoms with Gasteiger partial charge in [-0.25, -0.2) is 14.8 Å². The molecule has 0 saturated heterocycles. The summed E-state index contributed by atoms with van der Waals surface area (Å²) in [5.41, 5.74) is 1.18. The Bertz CT molecular complexity index is 837. The number of rotatable bonds is 5. The molecule has 26 heavy (non-hydrogen) atoms. The molecule has 0 bridgehead atoms. The van der Waals surface area contributed by atoms with Crippen molar-refractivity contribution in [3.05, 3.63) is 48.9 Å². The summed E-state index contributed by atoms with van der Waals surface area (Å²) in [7, 11) is 0. The van der Waals surface area contributed by atoms with Crippen LogP contribution in [0.4, 0.5) is 19.1 Å². The van der Waals surface area contributed by atoms with Gasteiger partial charge in [0, 0.05) is 30.9 Å². The minimum absolute atomic E-state index is 0.674. The van der Waals surface area contributed by atoms with Crippen molar-refractivity contribution < 1.29 is 23.1 Å². The average molecular weight is 367 g/mol. The number of aromatic nitrogens is 4. The smallest absolute Gasteiger partial charge is 0.475 e. The fourth-order valence-electron chi connectivity index (χ4n) is 2.02. The predicted molar refractivity (Wildman–Crippen MR) is 88.6 cm³/mol. The molecule has 0 radical (unpaired) electrons. The highest BCUT2D eigenvalue weighted by Crippen LogP contribution is 2.13. The molecule has 0 saturated carbocycles. The molecule has 3 aromatic rings. The molecular formula is C16H16F3N5O2. The number of carboxylic acids is 1. The summed E-state index contributed by atoms with van der Waals surface area (Å²) in [6.45, 7) is 1.71. The van der Waals surface area contributed by atoms with Crippen LogP contribution in [-0.2, 0) is 11.3 Å². The van der Waals surface area contributed by atoms with Gasteiger partial charge in [-0.05, 0) is 18.6 Å². The van der Waals surface area contributed by atoms with Crippen LogP contribution in [0.2, 0.25) is 0 Å². The van der Waals surface area contributed by atoms with E-state index in [0.717, 1.165) is 19.5 Å². The zero-order chi connectivity index (χ0) is 19.0. The molecule has 10 heteroatoms. The summed E-state index contributed by atoms with van der Waals surface area (Å²) < 4.78 is 33.8. The number of aryl methyl sites for hydroxylation is 1. The first kappa shape index (κ1) is 19.2. The number of hydrogen-bond acceptors (Lipinski definition) is 5. The van der Waals surface area contributed by atoms with Crippen LogP contribution >= 0.6 is 0 Å². The zero-order valence-electron chi connectivity index (χ0n) is 13.5. The topological polar surface area (TPSA) is 92.9 Å². The number of nitrogens with zero attached hydrogens (tertiary/aromatic N) is 4. The lowest BCUT2D eigenvalue weighted by Crippen LogP contribution is -2.21. The highest BCUT2D eigenvalue weighted by atomic mass is 19.4. The monoisotopic (exact) mass is 367 g/mol. The van der Waals surface area contributed by atoms with E-state index in [1.54, 1.807) is 18.5 Å². The Hall–Kier alpha value is -3.17. The molecule has 0 unspecified atom stereocenters. The van der Waals surface area contributed by atoms with Crippen LogP contribution in [0.25, 0.3) is 10.9 Å². The molecule has 2 heterocycles. The second-order valence-corrected chi connectivity index (χ2v) is 5.08. The lowest BCUT2D eigenvalue weighted by molar-refractivity contribution is -0.192. The number of hydrogen-bond donors (Lipinski definition) is 2. The Kier molecular flexibility index (Phi) is 6.48. The second-order valence-electron chi connectivity index (χ2n) is 5.08. The lowest BCUT2D eigenvalue weighted by atomic mass is 10.2. The molecule has 3 rings (SSSR count). The van der Waals surface area contributed by atoms with Gasteiger partial charge in [-0.3, -0.25) is 4.68 Å². The summed E-state index contributed by atoms with van der Waals surface area (Å²) in [5, 5.41) is 15.9. The molecule has 1 aromatic carbocycles. The minimum Gasteiger partial charge on any atom is -0.475 e. The molecule has 0 aliphatic heterocycles. The third-order valence-corrected chi connectivity index (χ3v) is 3.19. The molecule has 7 nitrogen and oxygen atoms in total. The average Bonchev–Trinajstić information content (AvgIpc) is 3.03. The summed E-state index contributed by atoms with van der Waals surface area (Å²) in [5.74, 6) is -2.08. The maximum Gasteiger partial charge on any atom is 0.490 e. The van der Waals surface area contributed by atoms with Crippen molar-refractivity contribution in [2.24, 2.45) is 0 Å². The first-order valence-corrected chi connectivity index (χ1v) is 7.59. The number of nitrogens with one attached hydrogen (secondary N) is 1. The van der Waals surface area contributed by atoms with E-state index in [2.05, 4.69) is 32.5 Å². The minimum atomic E-state index is -5.08. The van der Waals surface area contributed by atoms with Gasteiger partial charge in [-0.2, -0.15) is 18.3 Å². The fourth-order valence-corrected chi connectivity index (χ4v) is 2.02. The Balaban J connectivity index is 0.000000298. The van der Waals surface area contributed by atoms with Crippen molar-refractivity contribution in [1.82, 2.24) is 19.7 Å². The lowest BCUT2D eigenvalue weighted by Gasteiger charge is -2.05. The number of carboxylic acid groups (broad SMARTS) is 1. The summed E-state index contributed by atoms with van der Waals surface area (Å²) in [6, 6.07) is 10.0. The van der Waals surface area contributed by atoms with Gasteiger partial charge in [0.2, 0.25) is 5.95 Å². The Morgan fingerprint density at radius 2 is 1.81 bits per heavy atom. The van der Waals surface area contributed by atoms with Crippen LogP contribution in [0.3, 0.4) is 0 Å². The van der Waals surface area contributed by atoms with Gasteiger partial charge in [0.05, 0.1) is 11.7 Å². The Labute approximate surface area is 146 Å². The van der Waals surface area contributed by atoms with Crippen molar-refractivity contribution in [3.8, 4) is 0 Å². The summed E-state index contributed by atoms with van der Waals surface area (Å²) in [4.78, 5) is 17.1. The number of alkyl halides is 3. The second kappa shape index (κ2) is 8.79. The first-order valence-electron chi connectivity index (χ1n) is 7.59. The zero-order valence-corrected chi connectivity index (χ0v) is 13.5. The van der Waals surface area contributed by atoms with Crippen LogP contribution in [0.5, 0.6) is 0 Å². The molecule has 0 spiro atoms. The maximum atomic E-state index is 10.6. The van der Waals surface area contributed by atoms with E-state index in [9.17, 15) is 13.2 Å². The Morgan fingerprint density at radius 1 is 1.15 bits per heavy atom. The van der Waals surface area contributed by atoms with Crippen molar-refractivity contribution in [1.29, 1.82) is 0 Å². The molecule has 0 fully saturated rings. The third kappa shape index (κ3) is 5.72. The number of anilines is 1. The summed E-state index contributed by atoms with van der Waals surface area (Å²) in [6.07, 6.45) is 1.26. The molecule has 2 N–H and O–H groups in total.